The smallest absolute Gasteiger partial charge is 0.0829 e. The van der Waals surface area contributed by atoms with Gasteiger partial charge in [0.15, 0.2) is 0 Å². The van der Waals surface area contributed by atoms with Crippen LogP contribution < -0.4 is 5.73 Å². The number of hydrogen-bond donors (Lipinski definition) is 1. The van der Waals surface area contributed by atoms with Gasteiger partial charge in [0.25, 0.3) is 0 Å². The third-order valence-corrected chi connectivity index (χ3v) is 5.60. The van der Waals surface area contributed by atoms with E-state index in [4.69, 9.17) is 15.2 Å². The molecule has 1 saturated heterocycles. The first-order valence-electron chi connectivity index (χ1n) is 8.40. The third kappa shape index (κ3) is 3.96. The molecule has 0 aromatic carbocycles. The van der Waals surface area contributed by atoms with Gasteiger partial charge in [0.2, 0.25) is 0 Å². The normalized spacial score (nSPS) is 30.3. The van der Waals surface area contributed by atoms with Crippen molar-refractivity contribution in [2.45, 2.75) is 89.4 Å². The van der Waals surface area contributed by atoms with Gasteiger partial charge in [-0.3, -0.25) is 0 Å². The van der Waals surface area contributed by atoms with Crippen molar-refractivity contribution in [2.24, 2.45) is 11.1 Å². The summed E-state index contributed by atoms with van der Waals surface area (Å²) in [6, 6.07) is 0.171. The van der Waals surface area contributed by atoms with Crippen molar-refractivity contribution in [3.63, 3.8) is 0 Å². The molecule has 2 rings (SSSR count). The molecule has 0 bridgehead atoms. The summed E-state index contributed by atoms with van der Waals surface area (Å²) >= 11 is 0. The molecule has 0 aromatic rings. The average Bonchev–Trinajstić information content (AvgIpc) is 2.92. The summed E-state index contributed by atoms with van der Waals surface area (Å²) in [4.78, 5) is 0. The van der Waals surface area contributed by atoms with Crippen molar-refractivity contribution in [3.05, 3.63) is 0 Å². The number of nitrogens with two attached hydrogens (primary N) is 1. The van der Waals surface area contributed by atoms with Crippen LogP contribution in [0.25, 0.3) is 0 Å². The van der Waals surface area contributed by atoms with Crippen LogP contribution in [0.2, 0.25) is 0 Å². The van der Waals surface area contributed by atoms with Crippen LogP contribution in [-0.2, 0) is 9.47 Å². The topological polar surface area (TPSA) is 44.5 Å². The molecule has 0 aromatic heterocycles. The SMILES string of the molecule is COC1(C(N)CCCC2CCCO2)CCC(C)(C)CC1. The minimum atomic E-state index is -0.0773. The second-order valence-electron chi connectivity index (χ2n) is 7.61. The maximum Gasteiger partial charge on any atom is 0.0829 e. The van der Waals surface area contributed by atoms with Gasteiger partial charge in [-0.1, -0.05) is 13.8 Å². The molecular weight excluding hydrogens is 250 g/mol. The number of rotatable bonds is 6. The number of hydrogen-bond acceptors (Lipinski definition) is 3. The van der Waals surface area contributed by atoms with E-state index >= 15 is 0 Å². The summed E-state index contributed by atoms with van der Waals surface area (Å²) in [5.74, 6) is 0. The molecule has 2 fully saturated rings. The Balaban J connectivity index is 1.78. The highest BCUT2D eigenvalue weighted by Crippen LogP contribution is 2.43. The highest BCUT2D eigenvalue weighted by Gasteiger charge is 2.42. The molecule has 2 unspecified atom stereocenters. The monoisotopic (exact) mass is 283 g/mol. The van der Waals surface area contributed by atoms with E-state index in [-0.39, 0.29) is 11.6 Å². The lowest BCUT2D eigenvalue weighted by atomic mass is 9.68. The summed E-state index contributed by atoms with van der Waals surface area (Å²) in [5.41, 5.74) is 6.88. The molecule has 1 heterocycles. The Bertz CT molecular complexity index is 287. The van der Waals surface area contributed by atoms with Gasteiger partial charge < -0.3 is 15.2 Å². The van der Waals surface area contributed by atoms with Gasteiger partial charge in [-0.15, -0.1) is 0 Å². The van der Waals surface area contributed by atoms with Crippen LogP contribution in [0, 0.1) is 5.41 Å². The van der Waals surface area contributed by atoms with Gasteiger partial charge in [-0.25, -0.2) is 0 Å². The largest absolute Gasteiger partial charge is 0.378 e. The lowest BCUT2D eigenvalue weighted by Gasteiger charge is -2.46. The maximum atomic E-state index is 6.50. The Kier molecular flexibility index (Phi) is 5.49. The third-order valence-electron chi connectivity index (χ3n) is 5.60. The lowest BCUT2D eigenvalue weighted by molar-refractivity contribution is -0.0804. The van der Waals surface area contributed by atoms with E-state index < -0.39 is 0 Å². The van der Waals surface area contributed by atoms with Crippen LogP contribution in [0.3, 0.4) is 0 Å². The lowest BCUT2D eigenvalue weighted by Crippen LogP contribution is -2.52. The number of ether oxygens (including phenoxy) is 2. The van der Waals surface area contributed by atoms with Crippen LogP contribution in [0.15, 0.2) is 0 Å². The van der Waals surface area contributed by atoms with E-state index in [1.807, 2.05) is 7.11 Å². The van der Waals surface area contributed by atoms with Crippen LogP contribution >= 0.6 is 0 Å². The van der Waals surface area contributed by atoms with Crippen LogP contribution in [0.5, 0.6) is 0 Å². The Morgan fingerprint density at radius 3 is 2.50 bits per heavy atom. The van der Waals surface area contributed by atoms with Crippen molar-refractivity contribution >= 4 is 0 Å². The number of methoxy groups -OCH3 is 1. The van der Waals surface area contributed by atoms with Gasteiger partial charge in [0.1, 0.15) is 0 Å². The van der Waals surface area contributed by atoms with Crippen LogP contribution in [0.1, 0.15) is 71.6 Å². The van der Waals surface area contributed by atoms with Crippen LogP contribution in [-0.4, -0.2) is 31.5 Å². The first kappa shape index (κ1) is 16.3. The zero-order valence-electron chi connectivity index (χ0n) is 13.6. The molecular formula is C17H33NO2. The molecule has 0 radical (unpaired) electrons. The molecule has 2 aliphatic rings. The summed E-state index contributed by atoms with van der Waals surface area (Å²) in [6.07, 6.45) is 11.0. The minimum absolute atomic E-state index is 0.0773. The average molecular weight is 283 g/mol. The van der Waals surface area contributed by atoms with Gasteiger partial charge in [0.05, 0.1) is 11.7 Å². The van der Waals surface area contributed by atoms with E-state index in [9.17, 15) is 0 Å². The fourth-order valence-corrected chi connectivity index (χ4v) is 3.78. The van der Waals surface area contributed by atoms with E-state index in [2.05, 4.69) is 13.8 Å². The molecule has 1 aliphatic carbocycles. The van der Waals surface area contributed by atoms with E-state index in [0.717, 1.165) is 25.9 Å². The predicted octanol–water partition coefficient (Wildman–Crippen LogP) is 3.65. The molecule has 1 saturated carbocycles. The van der Waals surface area contributed by atoms with E-state index in [0.29, 0.717) is 11.5 Å². The van der Waals surface area contributed by atoms with Gasteiger partial charge in [-0.2, -0.15) is 0 Å². The fraction of sp³-hybridized carbons (Fsp3) is 1.00. The van der Waals surface area contributed by atoms with Gasteiger partial charge in [0, 0.05) is 19.8 Å². The quantitative estimate of drug-likeness (QED) is 0.809. The second-order valence-corrected chi connectivity index (χ2v) is 7.61. The Morgan fingerprint density at radius 1 is 1.25 bits per heavy atom. The summed E-state index contributed by atoms with van der Waals surface area (Å²) < 4.78 is 11.6. The van der Waals surface area contributed by atoms with Gasteiger partial charge >= 0.3 is 0 Å². The highest BCUT2D eigenvalue weighted by molar-refractivity contribution is 4.97. The molecule has 1 aliphatic heterocycles. The summed E-state index contributed by atoms with van der Waals surface area (Å²) in [6.45, 7) is 5.67. The molecule has 0 amide bonds. The summed E-state index contributed by atoms with van der Waals surface area (Å²) in [7, 11) is 1.85. The molecule has 2 atom stereocenters. The van der Waals surface area contributed by atoms with Crippen molar-refractivity contribution < 1.29 is 9.47 Å². The molecule has 0 spiro atoms. The zero-order valence-corrected chi connectivity index (χ0v) is 13.6. The second kappa shape index (κ2) is 6.76. The maximum absolute atomic E-state index is 6.50. The first-order valence-corrected chi connectivity index (χ1v) is 8.40. The molecule has 118 valence electrons. The van der Waals surface area contributed by atoms with Gasteiger partial charge in [-0.05, 0) is 63.2 Å². The van der Waals surface area contributed by atoms with Crippen molar-refractivity contribution in [1.82, 2.24) is 0 Å². The van der Waals surface area contributed by atoms with Crippen molar-refractivity contribution in [2.75, 3.05) is 13.7 Å². The Morgan fingerprint density at radius 2 is 1.95 bits per heavy atom. The molecule has 20 heavy (non-hydrogen) atoms. The molecule has 3 nitrogen and oxygen atoms in total. The van der Waals surface area contributed by atoms with Crippen LogP contribution in [0.4, 0.5) is 0 Å². The van der Waals surface area contributed by atoms with Crippen molar-refractivity contribution in [3.8, 4) is 0 Å². The summed E-state index contributed by atoms with van der Waals surface area (Å²) in [5, 5.41) is 0. The Hall–Kier alpha value is -0.120. The van der Waals surface area contributed by atoms with E-state index in [1.54, 1.807) is 0 Å². The standard InChI is InChI=1S/C17H33NO2/c1-16(2)9-11-17(19-3,12-10-16)15(18)8-4-6-14-7-5-13-20-14/h14-15H,4-13,18H2,1-3H3. The predicted molar refractivity (Wildman–Crippen MR) is 82.8 cm³/mol. The highest BCUT2D eigenvalue weighted by atomic mass is 16.5. The molecule has 3 heteroatoms. The first-order chi connectivity index (χ1) is 9.47. The zero-order chi connectivity index (χ0) is 14.6. The van der Waals surface area contributed by atoms with E-state index in [1.165, 1.54) is 38.5 Å². The van der Waals surface area contributed by atoms with Crippen molar-refractivity contribution in [1.29, 1.82) is 0 Å². The fourth-order valence-electron chi connectivity index (χ4n) is 3.78. The molecule has 2 N–H and O–H groups in total. The minimum Gasteiger partial charge on any atom is -0.378 e. The Labute approximate surface area is 124 Å².